The Balaban J connectivity index is 2.23. The lowest BCUT2D eigenvalue weighted by atomic mass is 10.2. The monoisotopic (exact) mass is 317 g/mol. The van der Waals surface area contributed by atoms with E-state index in [4.69, 9.17) is 33.5 Å². The van der Waals surface area contributed by atoms with Crippen LogP contribution in [-0.4, -0.2) is 15.4 Å². The third-order valence-corrected chi connectivity index (χ3v) is 4.06. The van der Waals surface area contributed by atoms with Crippen LogP contribution in [0.15, 0.2) is 16.7 Å². The molecule has 2 rings (SSSR count). The van der Waals surface area contributed by atoms with Crippen molar-refractivity contribution in [2.45, 2.75) is 24.9 Å². The van der Waals surface area contributed by atoms with Gasteiger partial charge in [-0.1, -0.05) is 42.2 Å². The molecule has 0 aliphatic carbocycles. The molecule has 1 heterocycles. The number of hydrogen-bond acceptors (Lipinski definition) is 5. The second-order valence-corrected chi connectivity index (χ2v) is 6.61. The van der Waals surface area contributed by atoms with E-state index in [1.165, 1.54) is 0 Å². The molecule has 1 aromatic carbocycles. The van der Waals surface area contributed by atoms with E-state index in [1.807, 2.05) is 0 Å². The Hall–Kier alpha value is -0.910. The number of hydrogen-bond donors (Lipinski definition) is 1. The maximum Gasteiger partial charge on any atom is 0.258 e. The van der Waals surface area contributed by atoms with Crippen molar-refractivity contribution in [1.82, 2.24) is 10.1 Å². The maximum absolute atomic E-state index is 5.98. The second-order valence-electron chi connectivity index (χ2n) is 4.23. The lowest BCUT2D eigenvalue weighted by Crippen LogP contribution is -1.91. The molecule has 7 heteroatoms. The van der Waals surface area contributed by atoms with Gasteiger partial charge >= 0.3 is 0 Å². The van der Waals surface area contributed by atoms with Gasteiger partial charge in [0.1, 0.15) is 0 Å². The average Bonchev–Trinajstić information content (AvgIpc) is 2.81. The fraction of sp³-hybridized carbons (Fsp3) is 0.333. The van der Waals surface area contributed by atoms with Crippen LogP contribution < -0.4 is 5.73 Å². The zero-order valence-corrected chi connectivity index (χ0v) is 12.8. The minimum Gasteiger partial charge on any atom is -0.396 e. The normalized spacial score (nSPS) is 11.2. The van der Waals surface area contributed by atoms with E-state index < -0.39 is 0 Å². The van der Waals surface area contributed by atoms with Gasteiger partial charge in [0.05, 0.1) is 21.5 Å². The lowest BCUT2D eigenvalue weighted by Gasteiger charge is -2.02. The van der Waals surface area contributed by atoms with Gasteiger partial charge in [-0.05, 0) is 17.4 Å². The summed E-state index contributed by atoms with van der Waals surface area (Å²) in [5.74, 6) is 1.75. The smallest absolute Gasteiger partial charge is 0.258 e. The summed E-state index contributed by atoms with van der Waals surface area (Å²) in [4.78, 5) is 4.31. The highest BCUT2D eigenvalue weighted by molar-refractivity contribution is 7.99. The molecular formula is C12H13Cl2N3OS. The molecule has 2 aromatic rings. The molecule has 0 fully saturated rings. The first-order valence-electron chi connectivity index (χ1n) is 5.66. The van der Waals surface area contributed by atoms with E-state index in [1.54, 1.807) is 23.9 Å². The molecule has 0 saturated carbocycles. The summed E-state index contributed by atoms with van der Waals surface area (Å²) in [6.07, 6.45) is 0. The molecule has 0 saturated heterocycles. The van der Waals surface area contributed by atoms with Gasteiger partial charge in [-0.3, -0.25) is 0 Å². The van der Waals surface area contributed by atoms with E-state index >= 15 is 0 Å². The molecule has 0 radical (unpaired) electrons. The Kier molecular flexibility index (Phi) is 4.60. The maximum atomic E-state index is 5.98. The Labute approximate surface area is 125 Å². The predicted molar refractivity (Wildman–Crippen MR) is 80.6 cm³/mol. The SMILES string of the molecule is CC(C)SCc1noc(-c2cc(Cl)c(N)c(Cl)c2)n1. The van der Waals surface area contributed by atoms with E-state index in [0.29, 0.717) is 44.0 Å². The highest BCUT2D eigenvalue weighted by Crippen LogP contribution is 2.33. The standard InChI is InChI=1S/C12H13Cl2N3OS/c1-6(2)19-5-10-16-12(18-17-10)7-3-8(13)11(15)9(14)4-7/h3-4,6H,5,15H2,1-2H3. The van der Waals surface area contributed by atoms with Crippen molar-refractivity contribution >= 4 is 40.7 Å². The first-order chi connectivity index (χ1) is 8.97. The number of aromatic nitrogens is 2. The fourth-order valence-corrected chi connectivity index (χ4v) is 2.47. The van der Waals surface area contributed by atoms with Gasteiger partial charge in [0.25, 0.3) is 5.89 Å². The van der Waals surface area contributed by atoms with Crippen molar-refractivity contribution in [3.63, 3.8) is 0 Å². The molecule has 4 nitrogen and oxygen atoms in total. The number of anilines is 1. The van der Waals surface area contributed by atoms with Gasteiger partial charge in [0, 0.05) is 5.56 Å². The lowest BCUT2D eigenvalue weighted by molar-refractivity contribution is 0.425. The minimum atomic E-state index is 0.349. The van der Waals surface area contributed by atoms with Crippen molar-refractivity contribution in [3.05, 3.63) is 28.0 Å². The van der Waals surface area contributed by atoms with Gasteiger partial charge in [-0.25, -0.2) is 0 Å². The van der Waals surface area contributed by atoms with Crippen LogP contribution in [0.2, 0.25) is 10.0 Å². The summed E-state index contributed by atoms with van der Waals surface area (Å²) < 4.78 is 5.20. The molecule has 0 amide bonds. The molecule has 1 aromatic heterocycles. The molecule has 0 aliphatic heterocycles. The van der Waals surface area contributed by atoms with Gasteiger partial charge in [0.2, 0.25) is 0 Å². The van der Waals surface area contributed by atoms with E-state index in [0.717, 1.165) is 0 Å². The summed E-state index contributed by atoms with van der Waals surface area (Å²) in [5.41, 5.74) is 6.69. The summed E-state index contributed by atoms with van der Waals surface area (Å²) in [6, 6.07) is 3.32. The van der Waals surface area contributed by atoms with Crippen LogP contribution >= 0.6 is 35.0 Å². The Morgan fingerprint density at radius 3 is 2.53 bits per heavy atom. The highest BCUT2D eigenvalue weighted by atomic mass is 35.5. The molecule has 0 spiro atoms. The van der Waals surface area contributed by atoms with Crippen molar-refractivity contribution in [1.29, 1.82) is 0 Å². The molecule has 2 N–H and O–H groups in total. The average molecular weight is 318 g/mol. The molecule has 0 atom stereocenters. The van der Waals surface area contributed by atoms with Crippen LogP contribution in [0.3, 0.4) is 0 Å². The van der Waals surface area contributed by atoms with Crippen molar-refractivity contribution in [2.75, 3.05) is 5.73 Å². The summed E-state index contributed by atoms with van der Waals surface area (Å²) in [6.45, 7) is 4.23. The third kappa shape index (κ3) is 3.55. The summed E-state index contributed by atoms with van der Waals surface area (Å²) in [5, 5.41) is 5.19. The molecular weight excluding hydrogens is 305 g/mol. The van der Waals surface area contributed by atoms with Gasteiger partial charge in [-0.2, -0.15) is 16.7 Å². The first kappa shape index (κ1) is 14.5. The number of halogens is 2. The Bertz CT molecular complexity index is 563. The quantitative estimate of drug-likeness (QED) is 0.853. The van der Waals surface area contributed by atoms with Gasteiger partial charge in [-0.15, -0.1) is 0 Å². The van der Waals surface area contributed by atoms with E-state index in [2.05, 4.69) is 24.0 Å². The van der Waals surface area contributed by atoms with Crippen molar-refractivity contribution in [2.24, 2.45) is 0 Å². The van der Waals surface area contributed by atoms with Crippen LogP contribution in [0.4, 0.5) is 5.69 Å². The number of thioether (sulfide) groups is 1. The Morgan fingerprint density at radius 2 is 1.95 bits per heavy atom. The largest absolute Gasteiger partial charge is 0.396 e. The third-order valence-electron chi connectivity index (χ3n) is 2.34. The fourth-order valence-electron chi connectivity index (χ4n) is 1.38. The number of benzene rings is 1. The van der Waals surface area contributed by atoms with Crippen molar-refractivity contribution < 1.29 is 4.52 Å². The number of nitrogens with zero attached hydrogens (tertiary/aromatic N) is 2. The van der Waals surface area contributed by atoms with Gasteiger partial charge in [0.15, 0.2) is 5.82 Å². The number of rotatable bonds is 4. The van der Waals surface area contributed by atoms with Crippen LogP contribution in [0, 0.1) is 0 Å². The van der Waals surface area contributed by atoms with Crippen LogP contribution in [-0.2, 0) is 5.75 Å². The second kappa shape index (κ2) is 6.03. The molecule has 0 unspecified atom stereocenters. The van der Waals surface area contributed by atoms with Crippen LogP contribution in [0.25, 0.3) is 11.5 Å². The first-order valence-corrected chi connectivity index (χ1v) is 7.47. The predicted octanol–water partition coefficient (Wildman–Crippen LogP) is 4.27. The highest BCUT2D eigenvalue weighted by Gasteiger charge is 2.13. The molecule has 0 bridgehead atoms. The Morgan fingerprint density at radius 1 is 1.32 bits per heavy atom. The molecule has 19 heavy (non-hydrogen) atoms. The van der Waals surface area contributed by atoms with E-state index in [-0.39, 0.29) is 0 Å². The number of nitrogen functional groups attached to an aromatic ring is 1. The van der Waals surface area contributed by atoms with Crippen LogP contribution in [0.5, 0.6) is 0 Å². The van der Waals surface area contributed by atoms with E-state index in [9.17, 15) is 0 Å². The number of nitrogens with two attached hydrogens (primary N) is 1. The minimum absolute atomic E-state index is 0.349. The summed E-state index contributed by atoms with van der Waals surface area (Å²) in [7, 11) is 0. The molecule has 102 valence electrons. The van der Waals surface area contributed by atoms with Crippen molar-refractivity contribution in [3.8, 4) is 11.5 Å². The topological polar surface area (TPSA) is 64.9 Å². The molecule has 0 aliphatic rings. The van der Waals surface area contributed by atoms with Crippen LogP contribution in [0.1, 0.15) is 19.7 Å². The summed E-state index contributed by atoms with van der Waals surface area (Å²) >= 11 is 13.7. The van der Waals surface area contributed by atoms with Gasteiger partial charge < -0.3 is 10.3 Å². The zero-order valence-electron chi connectivity index (χ0n) is 10.5. The zero-order chi connectivity index (χ0) is 14.0.